The van der Waals surface area contributed by atoms with Crippen LogP contribution in [-0.2, 0) is 12.7 Å². The molecule has 0 spiro atoms. The van der Waals surface area contributed by atoms with Crippen molar-refractivity contribution in [3.05, 3.63) is 83.4 Å². The van der Waals surface area contributed by atoms with E-state index in [4.69, 9.17) is 5.41 Å². The molecule has 0 aliphatic heterocycles. The van der Waals surface area contributed by atoms with E-state index in [9.17, 15) is 13.2 Å². The summed E-state index contributed by atoms with van der Waals surface area (Å²) >= 11 is 0. The standard InChI is InChI=1S/C20H17F3N2/c21-20(22,23)16-10-8-14(9-11-16)13-25-19(12-24)18-7-3-5-15-4-1-2-6-17(15)18/h1-12,19,24-25H,13H2/t19-/m0/s1. The van der Waals surface area contributed by atoms with E-state index in [1.54, 1.807) is 0 Å². The number of nitrogens with one attached hydrogen (secondary N) is 2. The van der Waals surface area contributed by atoms with Crippen LogP contribution in [0.15, 0.2) is 66.7 Å². The molecule has 3 aromatic carbocycles. The molecule has 25 heavy (non-hydrogen) atoms. The van der Waals surface area contributed by atoms with Crippen molar-refractivity contribution < 1.29 is 13.2 Å². The SMILES string of the molecule is N=C[C@H](NCc1ccc(C(F)(F)F)cc1)c1cccc2ccccc12. The second kappa shape index (κ2) is 7.07. The van der Waals surface area contributed by atoms with E-state index in [-0.39, 0.29) is 6.04 Å². The Morgan fingerprint density at radius 2 is 1.60 bits per heavy atom. The van der Waals surface area contributed by atoms with Gasteiger partial charge in [-0.05, 0) is 34.0 Å². The van der Waals surface area contributed by atoms with Crippen molar-refractivity contribution in [2.75, 3.05) is 0 Å². The van der Waals surface area contributed by atoms with Crippen LogP contribution in [0.3, 0.4) is 0 Å². The van der Waals surface area contributed by atoms with Crippen LogP contribution in [0.25, 0.3) is 10.8 Å². The van der Waals surface area contributed by atoms with Crippen molar-refractivity contribution in [2.24, 2.45) is 0 Å². The summed E-state index contributed by atoms with van der Waals surface area (Å²) in [6, 6.07) is 18.6. The molecule has 3 rings (SSSR count). The summed E-state index contributed by atoms with van der Waals surface area (Å²) < 4.78 is 37.8. The summed E-state index contributed by atoms with van der Waals surface area (Å²) in [7, 11) is 0. The maximum atomic E-state index is 12.6. The number of alkyl halides is 3. The maximum absolute atomic E-state index is 12.6. The predicted octanol–water partition coefficient (Wildman–Crippen LogP) is 5.34. The third-order valence-corrected chi connectivity index (χ3v) is 4.13. The van der Waals surface area contributed by atoms with E-state index in [0.29, 0.717) is 6.54 Å². The van der Waals surface area contributed by atoms with Crippen molar-refractivity contribution >= 4 is 17.0 Å². The smallest absolute Gasteiger partial charge is 0.311 e. The van der Waals surface area contributed by atoms with E-state index in [1.165, 1.54) is 18.3 Å². The highest BCUT2D eigenvalue weighted by Crippen LogP contribution is 2.29. The van der Waals surface area contributed by atoms with Crippen LogP contribution >= 0.6 is 0 Å². The van der Waals surface area contributed by atoms with Crippen LogP contribution in [0.2, 0.25) is 0 Å². The van der Waals surface area contributed by atoms with Gasteiger partial charge in [0.2, 0.25) is 0 Å². The molecule has 0 bridgehead atoms. The first-order chi connectivity index (χ1) is 12.0. The first-order valence-corrected chi connectivity index (χ1v) is 7.87. The first-order valence-electron chi connectivity index (χ1n) is 7.87. The van der Waals surface area contributed by atoms with Crippen LogP contribution in [0.1, 0.15) is 22.7 Å². The van der Waals surface area contributed by atoms with E-state index < -0.39 is 11.7 Å². The normalized spacial score (nSPS) is 12.9. The summed E-state index contributed by atoms with van der Waals surface area (Å²) in [5, 5.41) is 13.1. The van der Waals surface area contributed by atoms with Gasteiger partial charge in [-0.2, -0.15) is 13.2 Å². The zero-order chi connectivity index (χ0) is 17.9. The number of rotatable bonds is 5. The zero-order valence-corrected chi connectivity index (χ0v) is 13.3. The second-order valence-corrected chi connectivity index (χ2v) is 5.79. The van der Waals surface area contributed by atoms with Crippen molar-refractivity contribution in [3.63, 3.8) is 0 Å². The molecule has 2 N–H and O–H groups in total. The van der Waals surface area contributed by atoms with Gasteiger partial charge in [-0.25, -0.2) is 0 Å². The molecule has 128 valence electrons. The van der Waals surface area contributed by atoms with Gasteiger partial charge >= 0.3 is 6.18 Å². The molecule has 0 aromatic heterocycles. The lowest BCUT2D eigenvalue weighted by molar-refractivity contribution is -0.137. The molecule has 5 heteroatoms. The van der Waals surface area contributed by atoms with Gasteiger partial charge in [-0.3, -0.25) is 0 Å². The number of benzene rings is 3. The average molecular weight is 342 g/mol. The Morgan fingerprint density at radius 3 is 2.28 bits per heavy atom. The minimum atomic E-state index is -4.33. The highest BCUT2D eigenvalue weighted by atomic mass is 19.4. The summed E-state index contributed by atoms with van der Waals surface area (Å²) in [6.07, 6.45) is -3.02. The van der Waals surface area contributed by atoms with Crippen LogP contribution in [0.5, 0.6) is 0 Å². The fourth-order valence-electron chi connectivity index (χ4n) is 2.82. The van der Waals surface area contributed by atoms with Crippen molar-refractivity contribution in [3.8, 4) is 0 Å². The molecule has 0 saturated carbocycles. The fourth-order valence-corrected chi connectivity index (χ4v) is 2.82. The average Bonchev–Trinajstić information content (AvgIpc) is 2.62. The largest absolute Gasteiger partial charge is 0.416 e. The quantitative estimate of drug-likeness (QED) is 0.603. The minimum absolute atomic E-state index is 0.312. The van der Waals surface area contributed by atoms with E-state index >= 15 is 0 Å². The molecule has 3 aromatic rings. The third-order valence-electron chi connectivity index (χ3n) is 4.13. The maximum Gasteiger partial charge on any atom is 0.416 e. The van der Waals surface area contributed by atoms with Gasteiger partial charge in [0.25, 0.3) is 0 Å². The Morgan fingerprint density at radius 1 is 0.920 bits per heavy atom. The lowest BCUT2D eigenvalue weighted by atomic mass is 9.99. The third kappa shape index (κ3) is 3.88. The summed E-state index contributed by atoms with van der Waals surface area (Å²) in [4.78, 5) is 0. The molecule has 0 fully saturated rings. The topological polar surface area (TPSA) is 35.9 Å². The Hall–Kier alpha value is -2.66. The first kappa shape index (κ1) is 17.2. The Labute approximate surface area is 143 Å². The molecule has 0 radical (unpaired) electrons. The Bertz CT molecular complexity index is 865. The van der Waals surface area contributed by atoms with E-state index in [0.717, 1.165) is 34.0 Å². The van der Waals surface area contributed by atoms with E-state index in [1.807, 2.05) is 42.5 Å². The van der Waals surface area contributed by atoms with Gasteiger partial charge < -0.3 is 10.7 Å². The summed E-state index contributed by atoms with van der Waals surface area (Å²) in [5.41, 5.74) is 1.05. The highest BCUT2D eigenvalue weighted by molar-refractivity contribution is 5.88. The summed E-state index contributed by atoms with van der Waals surface area (Å²) in [5.74, 6) is 0. The summed E-state index contributed by atoms with van der Waals surface area (Å²) in [6.45, 7) is 0.376. The molecular weight excluding hydrogens is 325 g/mol. The van der Waals surface area contributed by atoms with Gasteiger partial charge in [0.15, 0.2) is 0 Å². The monoisotopic (exact) mass is 342 g/mol. The fraction of sp³-hybridized carbons (Fsp3) is 0.150. The molecule has 0 saturated heterocycles. The van der Waals surface area contributed by atoms with Crippen LogP contribution in [-0.4, -0.2) is 6.21 Å². The Kier molecular flexibility index (Phi) is 4.86. The lowest BCUT2D eigenvalue weighted by Gasteiger charge is -2.17. The minimum Gasteiger partial charge on any atom is -0.311 e. The van der Waals surface area contributed by atoms with Crippen LogP contribution in [0.4, 0.5) is 13.2 Å². The van der Waals surface area contributed by atoms with E-state index in [2.05, 4.69) is 5.32 Å². The van der Waals surface area contributed by atoms with Gasteiger partial charge in [0.05, 0.1) is 11.6 Å². The molecule has 1 atom stereocenters. The van der Waals surface area contributed by atoms with Crippen molar-refractivity contribution in [1.82, 2.24) is 5.32 Å². The van der Waals surface area contributed by atoms with Gasteiger partial charge in [-0.15, -0.1) is 0 Å². The van der Waals surface area contributed by atoms with Crippen LogP contribution in [0, 0.1) is 5.41 Å². The number of fused-ring (bicyclic) bond motifs is 1. The number of hydrogen-bond donors (Lipinski definition) is 2. The van der Waals surface area contributed by atoms with Crippen molar-refractivity contribution in [2.45, 2.75) is 18.8 Å². The molecule has 0 unspecified atom stereocenters. The Balaban J connectivity index is 1.77. The number of halogens is 3. The molecule has 0 amide bonds. The van der Waals surface area contributed by atoms with Gasteiger partial charge in [0, 0.05) is 12.8 Å². The van der Waals surface area contributed by atoms with Crippen LogP contribution < -0.4 is 5.32 Å². The highest BCUT2D eigenvalue weighted by Gasteiger charge is 2.29. The zero-order valence-electron chi connectivity index (χ0n) is 13.3. The lowest BCUT2D eigenvalue weighted by Crippen LogP contribution is -2.22. The molecule has 0 aliphatic rings. The molecule has 2 nitrogen and oxygen atoms in total. The molecule has 0 heterocycles. The number of hydrogen-bond acceptors (Lipinski definition) is 2. The molecule has 0 aliphatic carbocycles. The second-order valence-electron chi connectivity index (χ2n) is 5.79. The van der Waals surface area contributed by atoms with Gasteiger partial charge in [0.1, 0.15) is 0 Å². The van der Waals surface area contributed by atoms with Crippen molar-refractivity contribution in [1.29, 1.82) is 5.41 Å². The predicted molar refractivity (Wildman–Crippen MR) is 93.8 cm³/mol. The molecular formula is C20H17F3N2. The van der Waals surface area contributed by atoms with Gasteiger partial charge in [-0.1, -0.05) is 54.6 Å².